The minimum Gasteiger partial charge on any atom is -0.386 e. The molecular weight excluding hydrogens is 212 g/mol. The largest absolute Gasteiger partial charge is 0.386 e. The third-order valence-corrected chi connectivity index (χ3v) is 2.34. The van der Waals surface area contributed by atoms with Crippen molar-refractivity contribution in [1.82, 2.24) is 0 Å². The molecule has 0 fully saturated rings. The fourth-order valence-corrected chi connectivity index (χ4v) is 1.80. The van der Waals surface area contributed by atoms with Gasteiger partial charge in [-0.3, -0.25) is 0 Å². The highest BCUT2D eigenvalue weighted by Crippen LogP contribution is 2.30. The van der Waals surface area contributed by atoms with E-state index in [-0.39, 0.29) is 9.83 Å². The van der Waals surface area contributed by atoms with Gasteiger partial charge in [0.1, 0.15) is 0 Å². The third kappa shape index (κ3) is 1.59. The van der Waals surface area contributed by atoms with E-state index in [0.717, 1.165) is 0 Å². The quantitative estimate of drug-likeness (QED) is 0.785. The second kappa shape index (κ2) is 2.64. The van der Waals surface area contributed by atoms with Crippen LogP contribution in [0.3, 0.4) is 0 Å². The minimum atomic E-state index is -3.25. The Morgan fingerprint density at radius 2 is 2.50 bits per heavy atom. The van der Waals surface area contributed by atoms with Crippen molar-refractivity contribution in [1.29, 1.82) is 0 Å². The molecule has 0 aromatic carbocycles. The topological polar surface area (TPSA) is 20.2 Å². The first-order valence-electron chi connectivity index (χ1n) is 6.32. The summed E-state index contributed by atoms with van der Waals surface area (Å²) < 4.78 is 58.3. The monoisotopic (exact) mass is 228 g/mol. The van der Waals surface area contributed by atoms with Crippen LogP contribution < -0.4 is 0 Å². The molecule has 1 aromatic rings. The molecule has 3 heteroatoms. The van der Waals surface area contributed by atoms with Crippen molar-refractivity contribution in [3.63, 3.8) is 0 Å². The summed E-state index contributed by atoms with van der Waals surface area (Å²) in [7, 11) is 0. The molecule has 1 rings (SSSR count). The van der Waals surface area contributed by atoms with Gasteiger partial charge < -0.3 is 5.11 Å². The molecule has 0 aliphatic heterocycles. The lowest BCUT2D eigenvalue weighted by Gasteiger charge is -2.15. The van der Waals surface area contributed by atoms with E-state index >= 15 is 0 Å². The van der Waals surface area contributed by atoms with Crippen molar-refractivity contribution < 1.29 is 16.1 Å². The van der Waals surface area contributed by atoms with Crippen LogP contribution >= 0.6 is 27.3 Å². The molecule has 0 bridgehead atoms. The van der Waals surface area contributed by atoms with Gasteiger partial charge in [-0.25, -0.2) is 0 Å². The van der Waals surface area contributed by atoms with Crippen LogP contribution in [0, 0.1) is 0 Å². The summed E-state index contributed by atoms with van der Waals surface area (Å²) in [4.78, 5) is 0. The number of rotatable bonds is 1. The molecule has 0 atom stereocenters. The second-order valence-electron chi connectivity index (χ2n) is 1.71. The maximum Gasteiger partial charge on any atom is 0.0859 e. The molecule has 56 valence electrons. The number of hydrogen-bond donors (Lipinski definition) is 1. The van der Waals surface area contributed by atoms with Crippen molar-refractivity contribution >= 4 is 27.3 Å². The minimum absolute atomic E-state index is 0.174. The van der Waals surface area contributed by atoms with Gasteiger partial charge in [-0.05, 0) is 35.0 Å². The molecule has 1 nitrogen and oxygen atoms in total. The SMILES string of the molecule is [2H]c1sc([2H])c(C(O)(C([2H])([2H])[2H])C([2H])([2H])[2H])c1Br. The van der Waals surface area contributed by atoms with Crippen molar-refractivity contribution in [3.8, 4) is 0 Å². The normalized spacial score (nSPS) is 26.2. The lowest BCUT2D eigenvalue weighted by molar-refractivity contribution is 0.0783. The lowest BCUT2D eigenvalue weighted by atomic mass is 10.0. The van der Waals surface area contributed by atoms with Crippen LogP contribution in [0.15, 0.2) is 15.2 Å². The van der Waals surface area contributed by atoms with Crippen molar-refractivity contribution in [2.45, 2.75) is 19.3 Å². The highest BCUT2D eigenvalue weighted by molar-refractivity contribution is 9.10. The number of aliphatic hydroxyl groups is 1. The van der Waals surface area contributed by atoms with Gasteiger partial charge in [0.05, 0.1) is 8.34 Å². The highest BCUT2D eigenvalue weighted by atomic mass is 79.9. The lowest BCUT2D eigenvalue weighted by Crippen LogP contribution is -2.14. The smallest absolute Gasteiger partial charge is 0.0859 e. The summed E-state index contributed by atoms with van der Waals surface area (Å²) in [6.07, 6.45) is 0. The summed E-state index contributed by atoms with van der Waals surface area (Å²) in [6.45, 7) is -6.49. The van der Waals surface area contributed by atoms with Crippen molar-refractivity contribution in [2.75, 3.05) is 0 Å². The van der Waals surface area contributed by atoms with Crippen LogP contribution in [0.2, 0.25) is 0 Å². The summed E-state index contributed by atoms with van der Waals surface area (Å²) in [5.74, 6) is 0. The van der Waals surface area contributed by atoms with E-state index in [2.05, 4.69) is 15.9 Å². The van der Waals surface area contributed by atoms with E-state index < -0.39 is 30.2 Å². The Hall–Kier alpha value is 0.140. The van der Waals surface area contributed by atoms with E-state index in [4.69, 9.17) is 11.0 Å². The van der Waals surface area contributed by atoms with E-state index in [0.29, 0.717) is 11.3 Å². The van der Waals surface area contributed by atoms with Gasteiger partial charge in [0.2, 0.25) is 0 Å². The fraction of sp³-hybridized carbons (Fsp3) is 0.429. The first-order chi connectivity index (χ1) is 7.84. The van der Waals surface area contributed by atoms with E-state index in [1.165, 1.54) is 0 Å². The summed E-state index contributed by atoms with van der Waals surface area (Å²) in [5.41, 5.74) is -3.76. The Morgan fingerprint density at radius 1 is 1.80 bits per heavy atom. The predicted molar refractivity (Wildman–Crippen MR) is 47.3 cm³/mol. The first kappa shape index (κ1) is 2.57. The molecule has 0 aliphatic carbocycles. The van der Waals surface area contributed by atoms with E-state index in [1.807, 2.05) is 0 Å². The maximum atomic E-state index is 10.2. The van der Waals surface area contributed by atoms with E-state index in [1.54, 1.807) is 0 Å². The highest BCUT2D eigenvalue weighted by Gasteiger charge is 2.19. The Bertz CT molecular complexity index is 447. The summed E-state index contributed by atoms with van der Waals surface area (Å²) >= 11 is 3.45. The number of halogens is 1. The molecule has 0 aliphatic rings. The Kier molecular flexibility index (Phi) is 0.680. The molecule has 0 saturated carbocycles. The Balaban J connectivity index is 3.66. The molecule has 0 amide bonds. The van der Waals surface area contributed by atoms with Gasteiger partial charge >= 0.3 is 0 Å². The Morgan fingerprint density at radius 3 is 2.90 bits per heavy atom. The molecule has 1 heterocycles. The molecule has 0 unspecified atom stereocenters. The zero-order valence-corrected chi connectivity index (χ0v) is 7.14. The second-order valence-corrected chi connectivity index (χ2v) is 3.11. The average molecular weight is 229 g/mol. The van der Waals surface area contributed by atoms with Gasteiger partial charge in [-0.15, -0.1) is 0 Å². The van der Waals surface area contributed by atoms with Crippen LogP contribution in [-0.2, 0) is 5.60 Å². The molecule has 1 aromatic heterocycles. The standard InChI is InChI=1S/C7H9BrOS/c1-7(2,9)5-3-10-4-6(5)8/h3-4,9H,1-2H3/i1D3,2D3,3D,4D. The van der Waals surface area contributed by atoms with Gasteiger partial charge in [0, 0.05) is 23.6 Å². The van der Waals surface area contributed by atoms with Gasteiger partial charge in [-0.2, -0.15) is 11.3 Å². The number of hydrogen-bond acceptors (Lipinski definition) is 2. The average Bonchev–Trinajstić information content (AvgIpc) is 2.36. The van der Waals surface area contributed by atoms with Gasteiger partial charge in [0.15, 0.2) is 0 Å². The zero-order valence-electron chi connectivity index (χ0n) is 12.7. The van der Waals surface area contributed by atoms with E-state index in [9.17, 15) is 5.11 Å². The van der Waals surface area contributed by atoms with Crippen LogP contribution in [0.4, 0.5) is 0 Å². The zero-order chi connectivity index (χ0) is 14.5. The predicted octanol–water partition coefficient (Wildman–Crippen LogP) is 2.74. The van der Waals surface area contributed by atoms with Gasteiger partial charge in [0.25, 0.3) is 0 Å². The molecular formula is C7H9BrOS. The van der Waals surface area contributed by atoms with Crippen LogP contribution in [0.5, 0.6) is 0 Å². The molecule has 10 heavy (non-hydrogen) atoms. The molecule has 0 saturated heterocycles. The first-order valence-corrected chi connectivity index (χ1v) is 3.93. The number of thiophene rings is 1. The van der Waals surface area contributed by atoms with Crippen LogP contribution in [-0.4, -0.2) is 5.11 Å². The molecule has 1 N–H and O–H groups in total. The third-order valence-electron chi connectivity index (χ3n) is 0.875. The maximum absolute atomic E-state index is 10.2. The Labute approximate surface area is 84.1 Å². The summed E-state index contributed by atoms with van der Waals surface area (Å²) in [5, 5.41) is 9.52. The van der Waals surface area contributed by atoms with Crippen molar-refractivity contribution in [3.05, 3.63) is 20.7 Å². The van der Waals surface area contributed by atoms with Crippen LogP contribution in [0.25, 0.3) is 0 Å². The summed E-state index contributed by atoms with van der Waals surface area (Å²) in [6, 6.07) is 0. The van der Waals surface area contributed by atoms with Gasteiger partial charge in [-0.1, -0.05) is 0 Å². The molecule has 0 spiro atoms. The molecule has 0 radical (unpaired) electrons. The fourth-order valence-electron chi connectivity index (χ4n) is 0.450. The van der Waals surface area contributed by atoms with Crippen molar-refractivity contribution in [2.24, 2.45) is 0 Å². The van der Waals surface area contributed by atoms with Crippen LogP contribution in [0.1, 0.15) is 30.2 Å².